The molecule has 0 aromatic heterocycles. The molecule has 0 heterocycles. The van der Waals surface area contributed by atoms with Crippen LogP contribution in [0.15, 0.2) is 30.3 Å². The molecule has 1 rings (SSSR count). The molecular weight excluding hydrogens is 214 g/mol. The summed E-state index contributed by atoms with van der Waals surface area (Å²) >= 11 is 0. The maximum Gasteiger partial charge on any atom is 0.410 e. The van der Waals surface area contributed by atoms with Gasteiger partial charge in [-0.3, -0.25) is 0 Å². The Balaban J connectivity index is 2.40. The van der Waals surface area contributed by atoms with Crippen molar-refractivity contribution in [3.63, 3.8) is 0 Å². The number of amides is 1. The zero-order valence-corrected chi connectivity index (χ0v) is 10.1. The molecule has 0 bridgehead atoms. The normalized spacial score (nSPS) is 9.41. The third kappa shape index (κ3) is 4.60. The molecule has 90 valence electrons. The Kier molecular flexibility index (Phi) is 5.67. The number of hydrogen-bond acceptors (Lipinski definition) is 2. The quantitative estimate of drug-likeness (QED) is 0.729. The van der Waals surface area contributed by atoms with E-state index in [0.717, 1.165) is 5.56 Å². The smallest absolute Gasteiger partial charge is 0.410 e. The highest BCUT2D eigenvalue weighted by atomic mass is 16.6. The van der Waals surface area contributed by atoms with Gasteiger partial charge >= 0.3 is 6.09 Å². The molecule has 0 unspecified atom stereocenters. The second-order valence-electron chi connectivity index (χ2n) is 3.57. The van der Waals surface area contributed by atoms with Crippen LogP contribution in [0.25, 0.3) is 0 Å². The molecule has 0 saturated heterocycles. The van der Waals surface area contributed by atoms with Gasteiger partial charge < -0.3 is 9.64 Å². The van der Waals surface area contributed by atoms with Crippen molar-refractivity contribution in [1.82, 2.24) is 4.90 Å². The average molecular weight is 231 g/mol. The van der Waals surface area contributed by atoms with Crippen LogP contribution in [0.5, 0.6) is 0 Å². The number of nitrogens with zero attached hydrogens (tertiary/aromatic N) is 1. The molecule has 17 heavy (non-hydrogen) atoms. The predicted molar refractivity (Wildman–Crippen MR) is 67.3 cm³/mol. The van der Waals surface area contributed by atoms with E-state index in [-0.39, 0.29) is 6.09 Å². The van der Waals surface area contributed by atoms with Gasteiger partial charge in [-0.25, -0.2) is 4.79 Å². The highest BCUT2D eigenvalue weighted by molar-refractivity contribution is 5.67. The van der Waals surface area contributed by atoms with Crippen molar-refractivity contribution in [2.75, 3.05) is 13.1 Å². The van der Waals surface area contributed by atoms with Gasteiger partial charge in [0.2, 0.25) is 0 Å². The van der Waals surface area contributed by atoms with E-state index in [4.69, 9.17) is 11.2 Å². The summed E-state index contributed by atoms with van der Waals surface area (Å²) in [4.78, 5) is 13.3. The van der Waals surface area contributed by atoms with Crippen LogP contribution in [-0.4, -0.2) is 24.1 Å². The molecule has 1 aromatic carbocycles. The second-order valence-corrected chi connectivity index (χ2v) is 3.57. The second kappa shape index (κ2) is 7.34. The number of terminal acetylenes is 1. The lowest BCUT2D eigenvalue weighted by Crippen LogP contribution is -2.32. The van der Waals surface area contributed by atoms with Gasteiger partial charge in [0.15, 0.2) is 0 Å². The Labute approximate surface area is 102 Å². The minimum atomic E-state index is -0.313. The van der Waals surface area contributed by atoms with E-state index >= 15 is 0 Å². The summed E-state index contributed by atoms with van der Waals surface area (Å²) in [5.74, 6) is 2.51. The third-order valence-corrected chi connectivity index (χ3v) is 2.37. The van der Waals surface area contributed by atoms with Crippen LogP contribution in [0.2, 0.25) is 0 Å². The van der Waals surface area contributed by atoms with Gasteiger partial charge in [0, 0.05) is 19.5 Å². The molecule has 1 amide bonds. The molecule has 0 saturated carbocycles. The van der Waals surface area contributed by atoms with Gasteiger partial charge in [-0.15, -0.1) is 12.3 Å². The van der Waals surface area contributed by atoms with Crippen molar-refractivity contribution in [2.24, 2.45) is 0 Å². The van der Waals surface area contributed by atoms with Gasteiger partial charge in [-0.05, 0) is 12.5 Å². The molecule has 0 spiro atoms. The van der Waals surface area contributed by atoms with E-state index < -0.39 is 0 Å². The maximum absolute atomic E-state index is 11.7. The van der Waals surface area contributed by atoms with Gasteiger partial charge in [-0.2, -0.15) is 0 Å². The maximum atomic E-state index is 11.7. The lowest BCUT2D eigenvalue weighted by molar-refractivity contribution is 0.0988. The van der Waals surface area contributed by atoms with Gasteiger partial charge in [0.25, 0.3) is 0 Å². The molecule has 0 radical (unpaired) electrons. The third-order valence-electron chi connectivity index (χ3n) is 2.37. The molecular formula is C14H17NO2. The van der Waals surface area contributed by atoms with Gasteiger partial charge in [0.1, 0.15) is 6.61 Å². The van der Waals surface area contributed by atoms with E-state index in [1.54, 1.807) is 4.90 Å². The first kappa shape index (κ1) is 13.1. The lowest BCUT2D eigenvalue weighted by Gasteiger charge is -2.19. The van der Waals surface area contributed by atoms with Crippen LogP contribution in [0.3, 0.4) is 0 Å². The number of hydrogen-bond donors (Lipinski definition) is 0. The Hall–Kier alpha value is -1.95. The van der Waals surface area contributed by atoms with E-state index in [9.17, 15) is 4.79 Å². The van der Waals surface area contributed by atoms with Crippen molar-refractivity contribution in [3.8, 4) is 12.3 Å². The van der Waals surface area contributed by atoms with Crippen molar-refractivity contribution in [3.05, 3.63) is 35.9 Å². The standard InChI is InChI=1S/C14H17NO2/c1-3-5-11-15(4-2)14(16)17-12-13-9-7-6-8-10-13/h1,6-10H,4-5,11-12H2,2H3. The van der Waals surface area contributed by atoms with Crippen LogP contribution in [0.4, 0.5) is 4.79 Å². The minimum absolute atomic E-state index is 0.298. The molecule has 3 nitrogen and oxygen atoms in total. The zero-order valence-electron chi connectivity index (χ0n) is 10.1. The molecule has 0 atom stereocenters. The zero-order chi connectivity index (χ0) is 12.5. The highest BCUT2D eigenvalue weighted by Gasteiger charge is 2.11. The summed E-state index contributed by atoms with van der Waals surface area (Å²) in [5.41, 5.74) is 0.980. The fourth-order valence-corrected chi connectivity index (χ4v) is 1.39. The van der Waals surface area contributed by atoms with Crippen molar-refractivity contribution in [1.29, 1.82) is 0 Å². The van der Waals surface area contributed by atoms with Gasteiger partial charge in [-0.1, -0.05) is 30.3 Å². The largest absolute Gasteiger partial charge is 0.445 e. The van der Waals surface area contributed by atoms with E-state index in [2.05, 4.69) is 5.92 Å². The van der Waals surface area contributed by atoms with E-state index in [0.29, 0.717) is 26.1 Å². The fourth-order valence-electron chi connectivity index (χ4n) is 1.39. The number of carbonyl (C=O) groups excluding carboxylic acids is 1. The predicted octanol–water partition coefficient (Wildman–Crippen LogP) is 2.67. The number of rotatable bonds is 5. The summed E-state index contributed by atoms with van der Waals surface area (Å²) in [5, 5.41) is 0. The average Bonchev–Trinajstić information content (AvgIpc) is 2.38. The molecule has 0 aliphatic carbocycles. The number of benzene rings is 1. The fraction of sp³-hybridized carbons (Fsp3) is 0.357. The summed E-state index contributed by atoms with van der Waals surface area (Å²) in [6.45, 7) is 3.35. The monoisotopic (exact) mass is 231 g/mol. The first-order valence-corrected chi connectivity index (χ1v) is 5.67. The van der Waals surface area contributed by atoms with Crippen LogP contribution < -0.4 is 0 Å². The highest BCUT2D eigenvalue weighted by Crippen LogP contribution is 2.03. The van der Waals surface area contributed by atoms with Crippen molar-refractivity contribution in [2.45, 2.75) is 20.0 Å². The van der Waals surface area contributed by atoms with Crippen molar-refractivity contribution < 1.29 is 9.53 Å². The first-order valence-electron chi connectivity index (χ1n) is 5.67. The molecule has 0 aliphatic rings. The van der Waals surface area contributed by atoms with Crippen LogP contribution in [0.1, 0.15) is 18.9 Å². The number of ether oxygens (including phenoxy) is 1. The van der Waals surface area contributed by atoms with Crippen LogP contribution in [0, 0.1) is 12.3 Å². The minimum Gasteiger partial charge on any atom is -0.445 e. The number of carbonyl (C=O) groups is 1. The summed E-state index contributed by atoms with van der Waals surface area (Å²) in [7, 11) is 0. The Morgan fingerprint density at radius 3 is 2.71 bits per heavy atom. The molecule has 3 heteroatoms. The Morgan fingerprint density at radius 2 is 2.12 bits per heavy atom. The van der Waals surface area contributed by atoms with E-state index in [1.165, 1.54) is 0 Å². The summed E-state index contributed by atoms with van der Waals surface area (Å²) in [6, 6.07) is 9.60. The Bertz CT molecular complexity index is 381. The topological polar surface area (TPSA) is 29.5 Å². The SMILES string of the molecule is C#CCCN(CC)C(=O)OCc1ccccc1. The Morgan fingerprint density at radius 1 is 1.41 bits per heavy atom. The van der Waals surface area contributed by atoms with Crippen molar-refractivity contribution >= 4 is 6.09 Å². The van der Waals surface area contributed by atoms with Crippen LogP contribution >= 0.6 is 0 Å². The van der Waals surface area contributed by atoms with Gasteiger partial charge in [0.05, 0.1) is 0 Å². The molecule has 0 N–H and O–H groups in total. The summed E-state index contributed by atoms with van der Waals surface area (Å²) in [6.07, 6.45) is 5.40. The van der Waals surface area contributed by atoms with E-state index in [1.807, 2.05) is 37.3 Å². The first-order chi connectivity index (χ1) is 8.27. The molecule has 0 aliphatic heterocycles. The lowest BCUT2D eigenvalue weighted by atomic mass is 10.2. The summed E-state index contributed by atoms with van der Waals surface area (Å²) < 4.78 is 5.20. The van der Waals surface area contributed by atoms with Crippen LogP contribution in [-0.2, 0) is 11.3 Å². The molecule has 1 aromatic rings. The molecule has 0 fully saturated rings.